The molecular weight excluding hydrogens is 216 g/mol. The highest BCUT2D eigenvalue weighted by atomic mass is 32.2. The number of carbonyl (C=O) groups excluding carboxylic acids is 1. The van der Waals surface area contributed by atoms with E-state index in [1.807, 2.05) is 0 Å². The lowest BCUT2D eigenvalue weighted by Crippen LogP contribution is -2.13. The summed E-state index contributed by atoms with van der Waals surface area (Å²) in [5.74, 6) is 0. The Hall–Kier alpha value is -0.990. The summed E-state index contributed by atoms with van der Waals surface area (Å²) in [4.78, 5) is 13.9. The maximum absolute atomic E-state index is 10.6. The Morgan fingerprint density at radius 1 is 1.69 bits per heavy atom. The van der Waals surface area contributed by atoms with Crippen molar-refractivity contribution in [2.75, 3.05) is 5.73 Å². The van der Waals surface area contributed by atoms with Gasteiger partial charge in [0.2, 0.25) is 0 Å². The zero-order valence-electron chi connectivity index (χ0n) is 6.25. The number of carbonyl (C=O) groups is 1. The van der Waals surface area contributed by atoms with Crippen LogP contribution in [0.1, 0.15) is 10.9 Å². The van der Waals surface area contributed by atoms with Gasteiger partial charge in [-0.1, -0.05) is 0 Å². The predicted octanol–water partition coefficient (Wildman–Crippen LogP) is -0.147. The third-order valence-corrected chi connectivity index (χ3v) is 2.96. The number of anilines is 1. The van der Waals surface area contributed by atoms with Gasteiger partial charge in [0.25, 0.3) is 10.1 Å². The summed E-state index contributed by atoms with van der Waals surface area (Å²) in [6.45, 7) is 0. The highest BCUT2D eigenvalue weighted by Crippen LogP contribution is 2.22. The van der Waals surface area contributed by atoms with Crippen molar-refractivity contribution in [1.29, 1.82) is 0 Å². The summed E-state index contributed by atoms with van der Waals surface area (Å²) in [5, 5.41) is -0.186. The molecule has 8 heteroatoms. The second-order valence-electron chi connectivity index (χ2n) is 2.18. The summed E-state index contributed by atoms with van der Waals surface area (Å²) in [6.07, 6.45) is 0.101. The molecule has 0 saturated heterocycles. The van der Waals surface area contributed by atoms with Gasteiger partial charge in [-0.15, -0.1) is 11.3 Å². The molecule has 0 aliphatic heterocycles. The third kappa shape index (κ3) is 2.23. The Labute approximate surface area is 78.2 Å². The number of nitrogen functional groups attached to an aromatic ring is 1. The molecule has 72 valence electrons. The molecule has 0 aromatic carbocycles. The minimum Gasteiger partial charge on any atom is -0.375 e. The van der Waals surface area contributed by atoms with Crippen molar-refractivity contribution in [2.24, 2.45) is 0 Å². The van der Waals surface area contributed by atoms with Crippen molar-refractivity contribution in [3.8, 4) is 0 Å². The first-order valence-corrected chi connectivity index (χ1v) is 5.46. The highest BCUT2D eigenvalue weighted by Gasteiger charge is 2.26. The van der Waals surface area contributed by atoms with Crippen LogP contribution in [0.3, 0.4) is 0 Å². The molecule has 6 nitrogen and oxygen atoms in total. The molecule has 0 spiro atoms. The molecule has 0 radical (unpaired) electrons. The van der Waals surface area contributed by atoms with E-state index in [0.29, 0.717) is 0 Å². The lowest BCUT2D eigenvalue weighted by Gasteiger charge is -2.01. The van der Waals surface area contributed by atoms with Crippen LogP contribution in [0.4, 0.5) is 5.13 Å². The fraction of sp³-hybridized carbons (Fsp3) is 0.200. The Kier molecular flexibility index (Phi) is 2.64. The number of hydrogen-bond donors (Lipinski definition) is 2. The number of hydrogen-bond acceptors (Lipinski definition) is 6. The van der Waals surface area contributed by atoms with Gasteiger partial charge in [0.15, 0.2) is 10.4 Å². The number of nitrogens with zero attached hydrogens (tertiary/aromatic N) is 1. The lowest BCUT2D eigenvalue weighted by atomic mass is 10.4. The van der Waals surface area contributed by atoms with Crippen molar-refractivity contribution in [3.63, 3.8) is 0 Å². The van der Waals surface area contributed by atoms with E-state index in [-0.39, 0.29) is 17.1 Å². The molecule has 1 atom stereocenters. The first-order valence-electron chi connectivity index (χ1n) is 3.07. The highest BCUT2D eigenvalue weighted by molar-refractivity contribution is 7.86. The second kappa shape index (κ2) is 3.40. The van der Waals surface area contributed by atoms with Crippen LogP contribution in [0, 0.1) is 0 Å². The number of thiazole rings is 1. The topological polar surface area (TPSA) is 110 Å². The molecule has 13 heavy (non-hydrogen) atoms. The van der Waals surface area contributed by atoms with Crippen LogP contribution in [0.15, 0.2) is 5.38 Å². The Bertz CT molecular complexity index is 410. The van der Waals surface area contributed by atoms with Crippen LogP contribution in [0.25, 0.3) is 0 Å². The second-order valence-corrected chi connectivity index (χ2v) is 4.61. The zero-order valence-corrected chi connectivity index (χ0v) is 7.88. The molecule has 1 unspecified atom stereocenters. The normalized spacial score (nSPS) is 13.9. The average molecular weight is 222 g/mol. The maximum atomic E-state index is 10.6. The largest absolute Gasteiger partial charge is 0.375 e. The molecule has 1 aromatic heterocycles. The molecule has 0 amide bonds. The first kappa shape index (κ1) is 10.1. The first-order chi connectivity index (χ1) is 5.95. The van der Waals surface area contributed by atoms with E-state index in [2.05, 4.69) is 4.98 Å². The van der Waals surface area contributed by atoms with E-state index in [9.17, 15) is 13.2 Å². The van der Waals surface area contributed by atoms with Gasteiger partial charge in [0, 0.05) is 5.38 Å². The SMILES string of the molecule is Nc1nc(C(C=O)S(=O)(=O)O)cs1. The quantitative estimate of drug-likeness (QED) is 0.543. The molecular formula is C5H6N2O4S2. The van der Waals surface area contributed by atoms with Crippen LogP contribution >= 0.6 is 11.3 Å². The van der Waals surface area contributed by atoms with E-state index in [1.54, 1.807) is 0 Å². The van der Waals surface area contributed by atoms with Gasteiger partial charge in [-0.3, -0.25) is 4.55 Å². The zero-order chi connectivity index (χ0) is 10.1. The summed E-state index contributed by atoms with van der Waals surface area (Å²) in [5.41, 5.74) is 5.17. The van der Waals surface area contributed by atoms with E-state index in [0.717, 1.165) is 11.3 Å². The van der Waals surface area contributed by atoms with E-state index in [4.69, 9.17) is 10.3 Å². The monoisotopic (exact) mass is 222 g/mol. The fourth-order valence-corrected chi connectivity index (χ4v) is 1.98. The summed E-state index contributed by atoms with van der Waals surface area (Å²) < 4.78 is 29.8. The van der Waals surface area contributed by atoms with Crippen molar-refractivity contribution in [1.82, 2.24) is 4.98 Å². The number of nitrogens with two attached hydrogens (primary N) is 1. The summed E-state index contributed by atoms with van der Waals surface area (Å²) in [7, 11) is -4.43. The van der Waals surface area contributed by atoms with Crippen LogP contribution in [0.2, 0.25) is 0 Å². The lowest BCUT2D eigenvalue weighted by molar-refractivity contribution is -0.107. The molecule has 1 aromatic rings. The molecule has 0 saturated carbocycles. The standard InChI is InChI=1S/C5H6N2O4S2/c6-5-7-3(2-12-5)4(1-8)13(9,10)11/h1-2,4H,(H2,6,7)(H,9,10,11). The Morgan fingerprint density at radius 3 is 2.62 bits per heavy atom. The molecule has 3 N–H and O–H groups in total. The van der Waals surface area contributed by atoms with E-state index in [1.165, 1.54) is 5.38 Å². The Morgan fingerprint density at radius 2 is 2.31 bits per heavy atom. The van der Waals surface area contributed by atoms with E-state index >= 15 is 0 Å². The van der Waals surface area contributed by atoms with Crippen molar-refractivity contribution < 1.29 is 17.8 Å². The van der Waals surface area contributed by atoms with Crippen LogP contribution in [0.5, 0.6) is 0 Å². The van der Waals surface area contributed by atoms with Crippen molar-refractivity contribution in [3.05, 3.63) is 11.1 Å². The molecule has 0 aliphatic rings. The molecule has 0 fully saturated rings. The van der Waals surface area contributed by atoms with Crippen LogP contribution in [-0.4, -0.2) is 24.2 Å². The van der Waals surface area contributed by atoms with Gasteiger partial charge in [0.1, 0.15) is 6.29 Å². The van der Waals surface area contributed by atoms with Crippen molar-refractivity contribution in [2.45, 2.75) is 5.25 Å². The molecule has 0 aliphatic carbocycles. The summed E-state index contributed by atoms with van der Waals surface area (Å²) in [6, 6.07) is 0. The van der Waals surface area contributed by atoms with Gasteiger partial charge >= 0.3 is 0 Å². The molecule has 0 bridgehead atoms. The van der Waals surface area contributed by atoms with Gasteiger partial charge in [-0.2, -0.15) is 8.42 Å². The van der Waals surface area contributed by atoms with Crippen molar-refractivity contribution >= 4 is 32.9 Å². The molecule has 1 heterocycles. The smallest absolute Gasteiger partial charge is 0.280 e. The molecule has 1 rings (SSSR count). The van der Waals surface area contributed by atoms with Gasteiger partial charge < -0.3 is 10.5 Å². The predicted molar refractivity (Wildman–Crippen MR) is 46.9 cm³/mol. The third-order valence-electron chi connectivity index (χ3n) is 1.28. The van der Waals surface area contributed by atoms with Crippen LogP contribution < -0.4 is 5.73 Å². The number of rotatable bonds is 3. The Balaban J connectivity index is 3.12. The minimum absolute atomic E-state index is 0.0556. The number of aromatic nitrogens is 1. The van der Waals surface area contributed by atoms with Gasteiger partial charge in [0.05, 0.1) is 5.69 Å². The number of aldehydes is 1. The van der Waals surface area contributed by atoms with Gasteiger partial charge in [-0.25, -0.2) is 4.98 Å². The maximum Gasteiger partial charge on any atom is 0.280 e. The van der Waals surface area contributed by atoms with Crippen LogP contribution in [-0.2, 0) is 14.9 Å². The minimum atomic E-state index is -4.43. The van der Waals surface area contributed by atoms with E-state index < -0.39 is 15.4 Å². The fourth-order valence-electron chi connectivity index (χ4n) is 0.724. The average Bonchev–Trinajstić information content (AvgIpc) is 2.34. The van der Waals surface area contributed by atoms with Gasteiger partial charge in [-0.05, 0) is 0 Å². The summed E-state index contributed by atoms with van der Waals surface area (Å²) >= 11 is 0.996.